The number of aliphatic imine (C=N–C) groups is 1. The molecule has 1 aromatic carbocycles. The number of aliphatic hydroxyl groups is 1. The van der Waals surface area contributed by atoms with Gasteiger partial charge in [-0.05, 0) is 45.2 Å². The molecule has 31 heavy (non-hydrogen) atoms. The van der Waals surface area contributed by atoms with Crippen LogP contribution in [-0.4, -0.2) is 52.6 Å². The Kier molecular flexibility index (Phi) is 6.16. The smallest absolute Gasteiger partial charge is 0.258 e. The summed E-state index contributed by atoms with van der Waals surface area (Å²) >= 11 is 6.21. The number of aliphatic hydroxyl groups excluding tert-OH is 1. The number of benzene rings is 1. The maximum atomic E-state index is 13.3. The van der Waals surface area contributed by atoms with Gasteiger partial charge in [-0.3, -0.25) is 4.79 Å². The van der Waals surface area contributed by atoms with E-state index in [4.69, 9.17) is 21.7 Å². The molecule has 0 bridgehead atoms. The highest BCUT2D eigenvalue weighted by atomic mass is 35.5. The zero-order chi connectivity index (χ0) is 22.1. The van der Waals surface area contributed by atoms with Crippen molar-refractivity contribution in [1.29, 1.82) is 5.41 Å². The number of allylic oxidation sites excluding steroid dienone is 2. The molecule has 164 valence electrons. The van der Waals surface area contributed by atoms with Crippen molar-refractivity contribution in [2.45, 2.75) is 51.7 Å². The molecule has 2 aliphatic heterocycles. The molecular weight excluding hydrogens is 416 g/mol. The molecule has 2 atom stereocenters. The molecule has 1 aromatic rings. The second-order valence-corrected chi connectivity index (χ2v) is 8.61. The first-order chi connectivity index (χ1) is 14.8. The van der Waals surface area contributed by atoms with Crippen molar-refractivity contribution in [3.63, 3.8) is 0 Å². The second-order valence-electron chi connectivity index (χ2n) is 8.23. The highest BCUT2D eigenvalue weighted by Gasteiger charge is 2.32. The van der Waals surface area contributed by atoms with Crippen LogP contribution in [0.5, 0.6) is 5.75 Å². The van der Waals surface area contributed by atoms with Crippen molar-refractivity contribution in [3.05, 3.63) is 52.0 Å². The number of para-hydroxylation sites is 1. The Morgan fingerprint density at radius 1 is 1.26 bits per heavy atom. The molecule has 8 heteroatoms. The van der Waals surface area contributed by atoms with Gasteiger partial charge in [0, 0.05) is 11.3 Å². The maximum Gasteiger partial charge on any atom is 0.258 e. The summed E-state index contributed by atoms with van der Waals surface area (Å²) in [6, 6.07) is 7.12. The predicted molar refractivity (Wildman–Crippen MR) is 121 cm³/mol. The molecule has 3 N–H and O–H groups in total. The zero-order valence-electron chi connectivity index (χ0n) is 17.7. The van der Waals surface area contributed by atoms with Crippen LogP contribution in [0.3, 0.4) is 0 Å². The molecule has 0 aromatic heterocycles. The van der Waals surface area contributed by atoms with Crippen LogP contribution in [0.1, 0.15) is 49.9 Å². The molecule has 1 saturated carbocycles. The lowest BCUT2D eigenvalue weighted by Crippen LogP contribution is -2.35. The molecule has 2 heterocycles. The third-order valence-corrected chi connectivity index (χ3v) is 6.49. The number of nitrogens with one attached hydrogen (secondary N) is 2. The van der Waals surface area contributed by atoms with Crippen molar-refractivity contribution in [2.24, 2.45) is 4.99 Å². The Balaban J connectivity index is 1.55. The minimum atomic E-state index is -0.519. The number of carbonyl (C=O) groups is 1. The van der Waals surface area contributed by atoms with Crippen molar-refractivity contribution in [1.82, 2.24) is 10.2 Å². The van der Waals surface area contributed by atoms with Crippen LogP contribution in [0.2, 0.25) is 0 Å². The van der Waals surface area contributed by atoms with Gasteiger partial charge in [0.2, 0.25) is 0 Å². The largest absolute Gasteiger partial charge is 0.487 e. The third kappa shape index (κ3) is 4.38. The third-order valence-electron chi connectivity index (χ3n) is 5.93. The Labute approximate surface area is 187 Å². The second kappa shape index (κ2) is 8.85. The van der Waals surface area contributed by atoms with Crippen LogP contribution in [0.15, 0.2) is 51.4 Å². The minimum absolute atomic E-state index is 0.199. The maximum absolute atomic E-state index is 13.3. The fourth-order valence-electron chi connectivity index (χ4n) is 4.18. The Morgan fingerprint density at radius 2 is 2.00 bits per heavy atom. The Bertz CT molecular complexity index is 1010. The normalized spacial score (nSPS) is 26.6. The number of rotatable bonds is 3. The lowest BCUT2D eigenvalue weighted by molar-refractivity contribution is 0.00625. The summed E-state index contributed by atoms with van der Waals surface area (Å²) in [6.07, 6.45) is 2.65. The van der Waals surface area contributed by atoms with Crippen LogP contribution in [-0.2, 0) is 0 Å². The van der Waals surface area contributed by atoms with Crippen molar-refractivity contribution in [2.75, 3.05) is 13.1 Å². The van der Waals surface area contributed by atoms with E-state index in [0.29, 0.717) is 45.6 Å². The Hall–Kier alpha value is -2.64. The first-order valence-electron chi connectivity index (χ1n) is 10.6. The average Bonchev–Trinajstić information content (AvgIpc) is 3.15. The molecule has 0 spiro atoms. The lowest BCUT2D eigenvalue weighted by atomic mass is 9.95. The molecule has 3 aliphatic rings. The van der Waals surface area contributed by atoms with E-state index < -0.39 is 6.10 Å². The van der Waals surface area contributed by atoms with Gasteiger partial charge in [0.1, 0.15) is 17.7 Å². The monoisotopic (exact) mass is 442 g/mol. The number of ether oxygens (including phenoxy) is 1. The van der Waals surface area contributed by atoms with Crippen molar-refractivity contribution < 1.29 is 14.6 Å². The van der Waals surface area contributed by atoms with Crippen molar-refractivity contribution in [3.8, 4) is 5.75 Å². The van der Waals surface area contributed by atoms with E-state index in [9.17, 15) is 9.90 Å². The molecule has 0 unspecified atom stereocenters. The van der Waals surface area contributed by atoms with E-state index in [1.54, 1.807) is 23.1 Å². The van der Waals surface area contributed by atoms with Crippen molar-refractivity contribution >= 4 is 28.9 Å². The Morgan fingerprint density at radius 3 is 2.74 bits per heavy atom. The predicted octanol–water partition coefficient (Wildman–Crippen LogP) is 3.59. The van der Waals surface area contributed by atoms with E-state index in [1.165, 1.54) is 0 Å². The van der Waals surface area contributed by atoms with Crippen LogP contribution in [0, 0.1) is 5.41 Å². The first kappa shape index (κ1) is 21.6. The van der Waals surface area contributed by atoms with Gasteiger partial charge in [0.25, 0.3) is 5.91 Å². The van der Waals surface area contributed by atoms with Crippen LogP contribution >= 0.6 is 11.6 Å². The fourth-order valence-corrected chi connectivity index (χ4v) is 4.27. The number of likely N-dealkylation sites (tertiary alicyclic amines) is 1. The van der Waals surface area contributed by atoms with Gasteiger partial charge in [0.15, 0.2) is 0 Å². The van der Waals surface area contributed by atoms with Crippen LogP contribution < -0.4 is 10.1 Å². The molecule has 1 saturated heterocycles. The van der Waals surface area contributed by atoms with E-state index in [-0.39, 0.29) is 25.1 Å². The molecular formula is C23H27ClN4O3. The van der Waals surface area contributed by atoms with E-state index in [0.717, 1.165) is 25.0 Å². The van der Waals surface area contributed by atoms with E-state index in [2.05, 4.69) is 10.3 Å². The highest BCUT2D eigenvalue weighted by molar-refractivity contribution is 6.43. The van der Waals surface area contributed by atoms with Gasteiger partial charge >= 0.3 is 0 Å². The number of carbonyl (C=O) groups excluding carboxylic acids is 1. The molecule has 1 aliphatic carbocycles. The summed E-state index contributed by atoms with van der Waals surface area (Å²) in [5, 5.41) is 22.4. The van der Waals surface area contributed by atoms with Crippen LogP contribution in [0.4, 0.5) is 0 Å². The first-order valence-corrected chi connectivity index (χ1v) is 11.0. The number of hydrogen-bond donors (Lipinski definition) is 3. The quantitative estimate of drug-likeness (QED) is 0.666. The topological polar surface area (TPSA) is 98.0 Å². The summed E-state index contributed by atoms with van der Waals surface area (Å²) in [5.74, 6) is 0.832. The highest BCUT2D eigenvalue weighted by Crippen LogP contribution is 2.29. The summed E-state index contributed by atoms with van der Waals surface area (Å²) in [5.41, 5.74) is 2.92. The summed E-state index contributed by atoms with van der Waals surface area (Å²) in [7, 11) is 0. The lowest BCUT2D eigenvalue weighted by Gasteiger charge is -2.29. The average molecular weight is 443 g/mol. The van der Waals surface area contributed by atoms with E-state index in [1.807, 2.05) is 19.9 Å². The SMILES string of the molecule is CC1=N/C(=C2\CN(C(=O)c3ccccc3O[C@H]3CCCC[C@@H]3O)CC2=N)NC(C)=C1Cl. The molecule has 1 amide bonds. The number of hydrogen-bond acceptors (Lipinski definition) is 6. The molecule has 0 radical (unpaired) electrons. The minimum Gasteiger partial charge on any atom is -0.487 e. The number of nitrogens with zero attached hydrogens (tertiary/aromatic N) is 2. The van der Waals surface area contributed by atoms with Gasteiger partial charge in [-0.25, -0.2) is 4.99 Å². The molecule has 4 rings (SSSR count). The van der Waals surface area contributed by atoms with Gasteiger partial charge in [-0.15, -0.1) is 0 Å². The van der Waals surface area contributed by atoms with Gasteiger partial charge in [-0.2, -0.15) is 0 Å². The molecule has 2 fully saturated rings. The summed E-state index contributed by atoms with van der Waals surface area (Å²) < 4.78 is 6.07. The summed E-state index contributed by atoms with van der Waals surface area (Å²) in [4.78, 5) is 19.4. The van der Waals surface area contributed by atoms with Gasteiger partial charge in [-0.1, -0.05) is 30.2 Å². The standard InChI is InChI=1S/C23H27ClN4O3/c1-13-21(24)14(2)27-22(26-13)16-11-28(12-17(16)25)23(30)15-7-3-5-9-19(15)31-20-10-6-4-8-18(20)29/h3,5,7,9,18,20,25-26,29H,4,6,8,10-12H2,1-2H3/b22-16+,25-17?/t18-,20-/m0/s1. The van der Waals surface area contributed by atoms with Gasteiger partial charge in [0.05, 0.1) is 41.2 Å². The number of amides is 1. The van der Waals surface area contributed by atoms with E-state index >= 15 is 0 Å². The van der Waals surface area contributed by atoms with Crippen LogP contribution in [0.25, 0.3) is 0 Å². The van der Waals surface area contributed by atoms with Gasteiger partial charge < -0.3 is 25.5 Å². The molecule has 7 nitrogen and oxygen atoms in total. The zero-order valence-corrected chi connectivity index (χ0v) is 18.5. The fraction of sp³-hybridized carbons (Fsp3) is 0.435. The number of halogens is 1. The summed E-state index contributed by atoms with van der Waals surface area (Å²) in [6.45, 7) is 4.16.